The first kappa shape index (κ1) is 16.9. The number of nitriles is 1. The Morgan fingerprint density at radius 1 is 1.52 bits per heavy atom. The normalized spacial score (nSPS) is 12.7. The summed E-state index contributed by atoms with van der Waals surface area (Å²) < 4.78 is 1.51. The maximum atomic E-state index is 11.7. The fourth-order valence-corrected chi connectivity index (χ4v) is 3.08. The van der Waals surface area contributed by atoms with E-state index in [2.05, 4.69) is 15.1 Å². The van der Waals surface area contributed by atoms with Crippen molar-refractivity contribution in [3.63, 3.8) is 0 Å². The van der Waals surface area contributed by atoms with Crippen molar-refractivity contribution in [1.29, 1.82) is 5.26 Å². The SMILES string of the molecule is Cc1nc([C@H](C)N(C(=O)O)C(C)(C)C)n(-c2ncc(C#N)s2)n1. The number of carbonyl (C=O) groups is 1. The van der Waals surface area contributed by atoms with Crippen molar-refractivity contribution in [3.8, 4) is 11.2 Å². The van der Waals surface area contributed by atoms with E-state index in [1.807, 2.05) is 26.8 Å². The van der Waals surface area contributed by atoms with Crippen LogP contribution < -0.4 is 0 Å². The van der Waals surface area contributed by atoms with Crippen LogP contribution in [0.2, 0.25) is 0 Å². The Labute approximate surface area is 138 Å². The zero-order valence-corrected chi connectivity index (χ0v) is 14.4. The molecule has 0 radical (unpaired) electrons. The number of thiazole rings is 1. The summed E-state index contributed by atoms with van der Waals surface area (Å²) in [5, 5.41) is 23.3. The van der Waals surface area contributed by atoms with Crippen LogP contribution in [0, 0.1) is 18.3 Å². The Morgan fingerprint density at radius 3 is 2.65 bits per heavy atom. The van der Waals surface area contributed by atoms with Gasteiger partial charge in [-0.25, -0.2) is 14.8 Å². The zero-order chi connectivity index (χ0) is 17.4. The Kier molecular flexibility index (Phi) is 4.38. The lowest BCUT2D eigenvalue weighted by atomic mass is 10.0. The molecule has 0 fully saturated rings. The van der Waals surface area contributed by atoms with Gasteiger partial charge in [-0.3, -0.25) is 4.90 Å². The second-order valence-corrected chi connectivity index (χ2v) is 7.06. The molecule has 0 saturated carbocycles. The molecule has 2 heterocycles. The number of nitrogens with zero attached hydrogens (tertiary/aromatic N) is 6. The van der Waals surface area contributed by atoms with E-state index in [0.29, 0.717) is 21.7 Å². The lowest BCUT2D eigenvalue weighted by Gasteiger charge is -2.37. The van der Waals surface area contributed by atoms with E-state index in [-0.39, 0.29) is 0 Å². The van der Waals surface area contributed by atoms with Crippen LogP contribution >= 0.6 is 11.3 Å². The maximum Gasteiger partial charge on any atom is 0.408 e. The molecule has 1 amide bonds. The van der Waals surface area contributed by atoms with Gasteiger partial charge in [0.1, 0.15) is 16.8 Å². The first-order valence-electron chi connectivity index (χ1n) is 6.97. The van der Waals surface area contributed by atoms with Gasteiger partial charge in [-0.2, -0.15) is 9.94 Å². The van der Waals surface area contributed by atoms with Crippen LogP contribution in [0.1, 0.15) is 50.3 Å². The smallest absolute Gasteiger partial charge is 0.408 e. The van der Waals surface area contributed by atoms with Crippen molar-refractivity contribution in [2.45, 2.75) is 46.2 Å². The van der Waals surface area contributed by atoms with Crippen molar-refractivity contribution in [3.05, 3.63) is 22.7 Å². The minimum Gasteiger partial charge on any atom is -0.465 e. The molecule has 8 nitrogen and oxygen atoms in total. The molecule has 122 valence electrons. The van der Waals surface area contributed by atoms with E-state index in [4.69, 9.17) is 5.26 Å². The van der Waals surface area contributed by atoms with E-state index in [1.165, 1.54) is 27.1 Å². The van der Waals surface area contributed by atoms with Crippen LogP contribution in [0.25, 0.3) is 5.13 Å². The van der Waals surface area contributed by atoms with Crippen molar-refractivity contribution in [2.24, 2.45) is 0 Å². The minimum absolute atomic E-state index is 0.456. The fraction of sp³-hybridized carbons (Fsp3) is 0.500. The summed E-state index contributed by atoms with van der Waals surface area (Å²) in [6.45, 7) is 8.96. The highest BCUT2D eigenvalue weighted by atomic mass is 32.1. The van der Waals surface area contributed by atoms with Gasteiger partial charge in [0.25, 0.3) is 0 Å². The van der Waals surface area contributed by atoms with Crippen molar-refractivity contribution in [1.82, 2.24) is 24.6 Å². The van der Waals surface area contributed by atoms with Gasteiger partial charge in [0.15, 0.2) is 5.82 Å². The molecular formula is C14H18N6O2S. The topological polar surface area (TPSA) is 108 Å². The van der Waals surface area contributed by atoms with E-state index in [0.717, 1.165) is 0 Å². The summed E-state index contributed by atoms with van der Waals surface area (Å²) in [6.07, 6.45) is 0.429. The van der Waals surface area contributed by atoms with Crippen molar-refractivity contribution in [2.75, 3.05) is 0 Å². The second kappa shape index (κ2) is 5.96. The standard InChI is InChI=1S/C14H18N6O2S/c1-8(19(13(21)22)14(3,4)5)11-17-9(2)18-20(11)12-16-7-10(6-15)23-12/h7-8H,1-5H3,(H,21,22)/t8-/m0/s1. The lowest BCUT2D eigenvalue weighted by molar-refractivity contribution is 0.0720. The van der Waals surface area contributed by atoms with Gasteiger partial charge in [-0.05, 0) is 34.6 Å². The third kappa shape index (κ3) is 3.32. The predicted octanol–water partition coefficient (Wildman–Crippen LogP) is 2.74. The van der Waals surface area contributed by atoms with E-state index in [1.54, 1.807) is 13.8 Å². The number of rotatable bonds is 3. The molecule has 0 aliphatic heterocycles. The molecule has 9 heteroatoms. The highest BCUT2D eigenvalue weighted by Crippen LogP contribution is 2.29. The predicted molar refractivity (Wildman–Crippen MR) is 84.5 cm³/mol. The zero-order valence-electron chi connectivity index (χ0n) is 13.6. The molecule has 0 saturated heterocycles. The molecule has 2 aromatic heterocycles. The molecule has 0 bridgehead atoms. The number of amides is 1. The van der Waals surface area contributed by atoms with Gasteiger partial charge in [0.05, 0.1) is 12.2 Å². The molecule has 0 unspecified atom stereocenters. The van der Waals surface area contributed by atoms with Crippen LogP contribution in [0.4, 0.5) is 4.79 Å². The van der Waals surface area contributed by atoms with Gasteiger partial charge < -0.3 is 5.11 Å². The van der Waals surface area contributed by atoms with Gasteiger partial charge in [0, 0.05) is 5.54 Å². The highest BCUT2D eigenvalue weighted by molar-refractivity contribution is 7.14. The first-order chi connectivity index (χ1) is 10.6. The van der Waals surface area contributed by atoms with Crippen LogP contribution in [0.15, 0.2) is 6.20 Å². The van der Waals surface area contributed by atoms with Crippen LogP contribution in [0.5, 0.6) is 0 Å². The summed E-state index contributed by atoms with van der Waals surface area (Å²) in [6, 6.07) is 1.50. The average molecular weight is 334 g/mol. The van der Waals surface area contributed by atoms with Gasteiger partial charge in [0.2, 0.25) is 5.13 Å². The Bertz CT molecular complexity index is 767. The summed E-state index contributed by atoms with van der Waals surface area (Å²) in [7, 11) is 0. The van der Waals surface area contributed by atoms with Crippen LogP contribution in [-0.2, 0) is 0 Å². The van der Waals surface area contributed by atoms with Gasteiger partial charge in [-0.15, -0.1) is 5.10 Å². The monoisotopic (exact) mass is 334 g/mol. The molecule has 0 aromatic carbocycles. The Morgan fingerprint density at radius 2 is 2.17 bits per heavy atom. The summed E-state index contributed by atoms with van der Waals surface area (Å²) in [4.78, 5) is 22.0. The van der Waals surface area contributed by atoms with E-state index in [9.17, 15) is 9.90 Å². The maximum absolute atomic E-state index is 11.7. The molecule has 0 aliphatic carbocycles. The second-order valence-electron chi connectivity index (χ2n) is 6.05. The molecular weight excluding hydrogens is 316 g/mol. The minimum atomic E-state index is -1.03. The number of carboxylic acid groups (broad SMARTS) is 1. The van der Waals surface area contributed by atoms with E-state index < -0.39 is 17.7 Å². The van der Waals surface area contributed by atoms with Crippen LogP contribution in [0.3, 0.4) is 0 Å². The molecule has 0 aliphatic rings. The lowest BCUT2D eigenvalue weighted by Crippen LogP contribution is -2.47. The van der Waals surface area contributed by atoms with Gasteiger partial charge >= 0.3 is 6.09 Å². The summed E-state index contributed by atoms with van der Waals surface area (Å²) >= 11 is 1.18. The third-order valence-electron chi connectivity index (χ3n) is 3.21. The average Bonchev–Trinajstić information content (AvgIpc) is 3.02. The van der Waals surface area contributed by atoms with E-state index >= 15 is 0 Å². The molecule has 0 spiro atoms. The first-order valence-corrected chi connectivity index (χ1v) is 7.79. The van der Waals surface area contributed by atoms with Crippen LogP contribution in [-0.4, -0.2) is 41.4 Å². The van der Waals surface area contributed by atoms with Gasteiger partial charge in [-0.1, -0.05) is 11.3 Å². The summed E-state index contributed by atoms with van der Waals surface area (Å²) in [5.41, 5.74) is -0.601. The Hall–Kier alpha value is -2.47. The quantitative estimate of drug-likeness (QED) is 0.924. The number of aromatic nitrogens is 4. The molecule has 1 atom stereocenters. The van der Waals surface area contributed by atoms with Crippen molar-refractivity contribution < 1.29 is 9.90 Å². The Balaban J connectivity index is 2.51. The molecule has 2 rings (SSSR count). The number of hydrogen-bond acceptors (Lipinski definition) is 6. The molecule has 2 aromatic rings. The largest absolute Gasteiger partial charge is 0.465 e. The third-order valence-corrected chi connectivity index (χ3v) is 4.09. The molecule has 1 N–H and O–H groups in total. The molecule has 23 heavy (non-hydrogen) atoms. The summed E-state index contributed by atoms with van der Waals surface area (Å²) in [5.74, 6) is 0.985. The number of hydrogen-bond donors (Lipinski definition) is 1. The highest BCUT2D eigenvalue weighted by Gasteiger charge is 2.34. The number of aryl methyl sites for hydroxylation is 1. The van der Waals surface area contributed by atoms with Crippen molar-refractivity contribution >= 4 is 17.4 Å². The fourth-order valence-electron chi connectivity index (χ4n) is 2.41.